The predicted octanol–water partition coefficient (Wildman–Crippen LogP) is 2.00. The van der Waals surface area contributed by atoms with Gasteiger partial charge < -0.3 is 15.6 Å². The van der Waals surface area contributed by atoms with E-state index in [4.69, 9.17) is 5.73 Å². The number of amides is 1. The minimum atomic E-state index is 0.0904. The molecule has 1 aromatic heterocycles. The first-order chi connectivity index (χ1) is 7.72. The lowest BCUT2D eigenvalue weighted by Crippen LogP contribution is -2.34. The summed E-state index contributed by atoms with van der Waals surface area (Å²) in [4.78, 5) is 17.1. The zero-order valence-corrected chi connectivity index (χ0v) is 9.70. The van der Waals surface area contributed by atoms with Crippen LogP contribution in [0, 0.1) is 0 Å². The van der Waals surface area contributed by atoms with Gasteiger partial charge in [-0.1, -0.05) is 13.3 Å². The minimum Gasteiger partial charge on any atom is -0.397 e. The van der Waals surface area contributed by atoms with Crippen molar-refractivity contribution in [2.45, 2.75) is 38.6 Å². The van der Waals surface area contributed by atoms with Crippen LogP contribution in [0.25, 0.3) is 0 Å². The lowest BCUT2D eigenvalue weighted by molar-refractivity contribution is 0.0735. The first-order valence-corrected chi connectivity index (χ1v) is 5.97. The van der Waals surface area contributed by atoms with Gasteiger partial charge in [-0.15, -0.1) is 0 Å². The van der Waals surface area contributed by atoms with Crippen molar-refractivity contribution in [3.8, 4) is 0 Å². The van der Waals surface area contributed by atoms with Gasteiger partial charge in [0.1, 0.15) is 5.69 Å². The number of carbonyl (C=O) groups is 1. The zero-order valence-electron chi connectivity index (χ0n) is 9.70. The predicted molar refractivity (Wildman–Crippen MR) is 64.2 cm³/mol. The number of aromatic amines is 1. The SMILES string of the molecule is CCCCN(C(=O)c1cc(N)c[nH]1)C1CC1. The maximum absolute atomic E-state index is 12.2. The molecule has 1 amide bonds. The summed E-state index contributed by atoms with van der Waals surface area (Å²) in [6, 6.07) is 2.17. The van der Waals surface area contributed by atoms with Gasteiger partial charge in [-0.2, -0.15) is 0 Å². The zero-order chi connectivity index (χ0) is 11.5. The molecule has 1 aliphatic carbocycles. The van der Waals surface area contributed by atoms with Crippen molar-refractivity contribution in [2.24, 2.45) is 0 Å². The number of hydrogen-bond acceptors (Lipinski definition) is 2. The molecule has 0 saturated heterocycles. The quantitative estimate of drug-likeness (QED) is 0.798. The number of rotatable bonds is 5. The average molecular weight is 221 g/mol. The molecule has 2 rings (SSSR count). The number of aromatic nitrogens is 1. The van der Waals surface area contributed by atoms with E-state index in [1.165, 1.54) is 0 Å². The summed E-state index contributed by atoms with van der Waals surface area (Å²) < 4.78 is 0. The molecule has 1 heterocycles. The van der Waals surface area contributed by atoms with E-state index in [0.29, 0.717) is 17.4 Å². The van der Waals surface area contributed by atoms with E-state index >= 15 is 0 Å². The van der Waals surface area contributed by atoms with Crippen molar-refractivity contribution in [1.29, 1.82) is 0 Å². The number of nitrogens with two attached hydrogens (primary N) is 1. The molecule has 1 aliphatic rings. The molecule has 88 valence electrons. The fourth-order valence-electron chi connectivity index (χ4n) is 1.85. The van der Waals surface area contributed by atoms with Crippen LogP contribution >= 0.6 is 0 Å². The summed E-state index contributed by atoms with van der Waals surface area (Å²) in [6.07, 6.45) is 6.14. The molecule has 0 aromatic carbocycles. The standard InChI is InChI=1S/C12H19N3O/c1-2-3-6-15(10-4-5-10)12(16)11-7-9(13)8-14-11/h7-8,10,14H,2-6,13H2,1H3. The van der Waals surface area contributed by atoms with Crippen molar-refractivity contribution in [3.05, 3.63) is 18.0 Å². The number of hydrogen-bond donors (Lipinski definition) is 2. The van der Waals surface area contributed by atoms with Gasteiger partial charge in [-0.3, -0.25) is 4.79 Å². The van der Waals surface area contributed by atoms with Crippen LogP contribution in [0.1, 0.15) is 43.1 Å². The van der Waals surface area contributed by atoms with Crippen molar-refractivity contribution in [3.63, 3.8) is 0 Å². The first-order valence-electron chi connectivity index (χ1n) is 5.97. The van der Waals surface area contributed by atoms with Crippen molar-refractivity contribution in [2.75, 3.05) is 12.3 Å². The van der Waals surface area contributed by atoms with E-state index in [0.717, 1.165) is 32.2 Å². The normalized spacial score (nSPS) is 15.1. The topological polar surface area (TPSA) is 62.1 Å². The first kappa shape index (κ1) is 11.0. The van der Waals surface area contributed by atoms with Crippen molar-refractivity contribution >= 4 is 11.6 Å². The smallest absolute Gasteiger partial charge is 0.270 e. The van der Waals surface area contributed by atoms with Crippen molar-refractivity contribution in [1.82, 2.24) is 9.88 Å². The molecule has 0 bridgehead atoms. The van der Waals surface area contributed by atoms with Crippen LogP contribution in [0.5, 0.6) is 0 Å². The fourth-order valence-corrected chi connectivity index (χ4v) is 1.85. The summed E-state index contributed by atoms with van der Waals surface area (Å²) in [5.74, 6) is 0.0904. The van der Waals surface area contributed by atoms with Crippen LogP contribution < -0.4 is 5.73 Å². The summed E-state index contributed by atoms with van der Waals surface area (Å²) >= 11 is 0. The van der Waals surface area contributed by atoms with Gasteiger partial charge >= 0.3 is 0 Å². The third-order valence-corrected chi connectivity index (χ3v) is 2.94. The summed E-state index contributed by atoms with van der Waals surface area (Å²) in [5.41, 5.74) is 6.84. The summed E-state index contributed by atoms with van der Waals surface area (Å²) in [6.45, 7) is 3.00. The second kappa shape index (κ2) is 4.60. The second-order valence-electron chi connectivity index (χ2n) is 4.43. The summed E-state index contributed by atoms with van der Waals surface area (Å²) in [5, 5.41) is 0. The van der Waals surface area contributed by atoms with Gasteiger partial charge in [0.2, 0.25) is 0 Å². The lowest BCUT2D eigenvalue weighted by Gasteiger charge is -2.21. The Labute approximate surface area is 95.8 Å². The number of unbranched alkanes of at least 4 members (excludes halogenated alkanes) is 1. The number of nitrogen functional groups attached to an aromatic ring is 1. The number of H-pyrrole nitrogens is 1. The highest BCUT2D eigenvalue weighted by molar-refractivity contribution is 5.93. The maximum atomic E-state index is 12.2. The van der Waals surface area contributed by atoms with Crippen LogP contribution in [0.15, 0.2) is 12.3 Å². The van der Waals surface area contributed by atoms with E-state index in [1.807, 2.05) is 4.90 Å². The number of anilines is 1. The third-order valence-electron chi connectivity index (χ3n) is 2.94. The Morgan fingerprint density at radius 1 is 1.62 bits per heavy atom. The Balaban J connectivity index is 2.04. The Hall–Kier alpha value is -1.45. The molecule has 3 N–H and O–H groups in total. The summed E-state index contributed by atoms with van der Waals surface area (Å²) in [7, 11) is 0. The molecule has 1 saturated carbocycles. The Morgan fingerprint density at radius 2 is 2.38 bits per heavy atom. The minimum absolute atomic E-state index is 0.0904. The monoisotopic (exact) mass is 221 g/mol. The van der Waals surface area contributed by atoms with Crippen LogP contribution in [-0.2, 0) is 0 Å². The van der Waals surface area contributed by atoms with Crippen LogP contribution in [-0.4, -0.2) is 28.4 Å². The molecule has 4 nitrogen and oxygen atoms in total. The highest BCUT2D eigenvalue weighted by Gasteiger charge is 2.32. The molecule has 4 heteroatoms. The molecular weight excluding hydrogens is 202 g/mol. The lowest BCUT2D eigenvalue weighted by atomic mass is 10.2. The maximum Gasteiger partial charge on any atom is 0.270 e. The van der Waals surface area contributed by atoms with Crippen LogP contribution in [0.2, 0.25) is 0 Å². The molecule has 1 fully saturated rings. The Kier molecular flexibility index (Phi) is 3.17. The second-order valence-corrected chi connectivity index (χ2v) is 4.43. The van der Waals surface area contributed by atoms with Gasteiger partial charge in [0.05, 0.1) is 0 Å². The fraction of sp³-hybridized carbons (Fsp3) is 0.583. The Bertz CT molecular complexity index is 368. The van der Waals surface area contributed by atoms with Gasteiger partial charge in [0, 0.05) is 24.5 Å². The number of nitrogens with zero attached hydrogens (tertiary/aromatic N) is 1. The highest BCUT2D eigenvalue weighted by Crippen LogP contribution is 2.28. The van der Waals surface area contributed by atoms with E-state index in [9.17, 15) is 4.79 Å². The average Bonchev–Trinajstić information content (AvgIpc) is 3.01. The molecule has 0 atom stereocenters. The molecular formula is C12H19N3O. The van der Waals surface area contributed by atoms with E-state index < -0.39 is 0 Å². The largest absolute Gasteiger partial charge is 0.397 e. The molecule has 1 aromatic rings. The molecule has 0 aliphatic heterocycles. The molecule has 0 unspecified atom stereocenters. The van der Waals surface area contributed by atoms with Gasteiger partial charge in [-0.25, -0.2) is 0 Å². The van der Waals surface area contributed by atoms with Gasteiger partial charge in [0.25, 0.3) is 5.91 Å². The molecule has 0 radical (unpaired) electrons. The third kappa shape index (κ3) is 2.38. The van der Waals surface area contributed by atoms with Crippen LogP contribution in [0.4, 0.5) is 5.69 Å². The van der Waals surface area contributed by atoms with E-state index in [-0.39, 0.29) is 5.91 Å². The molecule has 0 spiro atoms. The number of nitrogens with one attached hydrogen (secondary N) is 1. The van der Waals surface area contributed by atoms with Crippen molar-refractivity contribution < 1.29 is 4.79 Å². The van der Waals surface area contributed by atoms with Gasteiger partial charge in [-0.05, 0) is 25.3 Å². The Morgan fingerprint density at radius 3 is 2.88 bits per heavy atom. The van der Waals surface area contributed by atoms with E-state index in [2.05, 4.69) is 11.9 Å². The van der Waals surface area contributed by atoms with Crippen LogP contribution in [0.3, 0.4) is 0 Å². The highest BCUT2D eigenvalue weighted by atomic mass is 16.2. The number of carbonyl (C=O) groups excluding carboxylic acids is 1. The molecule has 16 heavy (non-hydrogen) atoms. The van der Waals surface area contributed by atoms with E-state index in [1.54, 1.807) is 12.3 Å². The van der Waals surface area contributed by atoms with Gasteiger partial charge in [0.15, 0.2) is 0 Å².